The van der Waals surface area contributed by atoms with E-state index in [0.29, 0.717) is 0 Å². The molecule has 0 aromatic rings. The first-order valence-electron chi connectivity index (χ1n) is 2.53. The van der Waals surface area contributed by atoms with Crippen molar-refractivity contribution in [1.82, 2.24) is 0 Å². The fourth-order valence-corrected chi connectivity index (χ4v) is 0.266. The third-order valence-electron chi connectivity index (χ3n) is 0.808. The van der Waals surface area contributed by atoms with E-state index in [1.54, 1.807) is 13.8 Å². The summed E-state index contributed by atoms with van der Waals surface area (Å²) < 4.78 is 0. The van der Waals surface area contributed by atoms with Gasteiger partial charge in [0.15, 0.2) is 5.78 Å². The molecule has 0 heterocycles. The van der Waals surface area contributed by atoms with Crippen LogP contribution in [0.4, 0.5) is 0 Å². The van der Waals surface area contributed by atoms with Gasteiger partial charge in [-0.25, -0.2) is 0 Å². The Morgan fingerprint density at radius 2 is 2.00 bits per heavy atom. The van der Waals surface area contributed by atoms with Gasteiger partial charge in [-0.1, -0.05) is 13.8 Å². The van der Waals surface area contributed by atoms with Crippen LogP contribution in [0.1, 0.15) is 13.8 Å². The molecule has 0 rings (SSSR count). The maximum atomic E-state index is 10.5. The van der Waals surface area contributed by atoms with Crippen molar-refractivity contribution in [1.29, 1.82) is 0 Å². The zero-order valence-electron chi connectivity index (χ0n) is 5.09. The standard InChI is InChI=1S/C6H10O2.K.H/c1-5(2)6(8)3-4-7;;/h3-5,7H,1-2H3;;. The van der Waals surface area contributed by atoms with Gasteiger partial charge in [0.25, 0.3) is 0 Å². The molecule has 0 aromatic carbocycles. The van der Waals surface area contributed by atoms with Gasteiger partial charge in [-0.15, -0.1) is 0 Å². The predicted molar refractivity (Wildman–Crippen MR) is 38.8 cm³/mol. The van der Waals surface area contributed by atoms with E-state index < -0.39 is 0 Å². The van der Waals surface area contributed by atoms with E-state index in [2.05, 4.69) is 0 Å². The second-order valence-corrected chi connectivity index (χ2v) is 1.87. The number of carbonyl (C=O) groups excluding carboxylic acids is 1. The van der Waals surface area contributed by atoms with Gasteiger partial charge in [-0.3, -0.25) is 4.79 Å². The first kappa shape index (κ1) is 12.5. The van der Waals surface area contributed by atoms with Crippen LogP contribution in [-0.2, 0) is 4.79 Å². The molecule has 0 saturated carbocycles. The maximum absolute atomic E-state index is 10.5. The summed E-state index contributed by atoms with van der Waals surface area (Å²) in [6, 6.07) is 0. The molecule has 0 aromatic heterocycles. The van der Waals surface area contributed by atoms with Crippen molar-refractivity contribution in [2.75, 3.05) is 0 Å². The predicted octanol–water partition coefficient (Wildman–Crippen LogP) is 0.635. The molecule has 0 radical (unpaired) electrons. The molecule has 0 unspecified atom stereocenters. The van der Waals surface area contributed by atoms with Gasteiger partial charge >= 0.3 is 51.4 Å². The van der Waals surface area contributed by atoms with E-state index in [9.17, 15) is 4.79 Å². The third-order valence-corrected chi connectivity index (χ3v) is 0.808. The Hall–Kier alpha value is 0.846. The topological polar surface area (TPSA) is 37.3 Å². The number of aliphatic hydroxyl groups excluding tert-OH is 1. The number of rotatable bonds is 2. The van der Waals surface area contributed by atoms with E-state index in [1.165, 1.54) is 0 Å². The minimum atomic E-state index is -0.0486. The van der Waals surface area contributed by atoms with Crippen molar-refractivity contribution >= 4 is 57.2 Å². The summed E-state index contributed by atoms with van der Waals surface area (Å²) in [5.74, 6) is -0.0640. The molecular formula is C6H11KO2. The van der Waals surface area contributed by atoms with Gasteiger partial charge in [-0.2, -0.15) is 0 Å². The summed E-state index contributed by atoms with van der Waals surface area (Å²) in [6.45, 7) is 3.56. The second kappa shape index (κ2) is 6.96. The quantitative estimate of drug-likeness (QED) is 0.360. The molecular weight excluding hydrogens is 143 g/mol. The fraction of sp³-hybridized carbons (Fsp3) is 0.500. The molecule has 9 heavy (non-hydrogen) atoms. The van der Waals surface area contributed by atoms with Gasteiger partial charge in [0.05, 0.1) is 6.26 Å². The molecule has 0 bridgehead atoms. The van der Waals surface area contributed by atoms with Crippen LogP contribution in [0.2, 0.25) is 0 Å². The monoisotopic (exact) mass is 154 g/mol. The molecule has 1 N–H and O–H groups in total. The molecule has 0 saturated heterocycles. The van der Waals surface area contributed by atoms with Gasteiger partial charge in [0.2, 0.25) is 0 Å². The van der Waals surface area contributed by atoms with Gasteiger partial charge in [-0.05, 0) is 0 Å². The van der Waals surface area contributed by atoms with Crippen LogP contribution in [0.3, 0.4) is 0 Å². The van der Waals surface area contributed by atoms with Crippen LogP contribution in [0.25, 0.3) is 0 Å². The van der Waals surface area contributed by atoms with Crippen LogP contribution < -0.4 is 0 Å². The molecule has 0 atom stereocenters. The average molecular weight is 154 g/mol. The summed E-state index contributed by atoms with van der Waals surface area (Å²) in [5.41, 5.74) is 0. The van der Waals surface area contributed by atoms with Gasteiger partial charge < -0.3 is 5.11 Å². The number of aliphatic hydroxyl groups is 1. The van der Waals surface area contributed by atoms with E-state index >= 15 is 0 Å². The van der Waals surface area contributed by atoms with Crippen molar-refractivity contribution in [3.63, 3.8) is 0 Å². The molecule has 48 valence electrons. The Bertz CT molecular complexity index is 108. The zero-order valence-corrected chi connectivity index (χ0v) is 5.09. The number of hydrogen-bond donors (Lipinski definition) is 1. The van der Waals surface area contributed by atoms with Gasteiger partial charge in [0.1, 0.15) is 0 Å². The van der Waals surface area contributed by atoms with E-state index in [1.807, 2.05) is 0 Å². The summed E-state index contributed by atoms with van der Waals surface area (Å²) in [5, 5.41) is 8.08. The van der Waals surface area contributed by atoms with E-state index in [-0.39, 0.29) is 63.1 Å². The molecule has 0 aliphatic carbocycles. The second-order valence-electron chi connectivity index (χ2n) is 1.87. The SMILES string of the molecule is CC(C)C(=O)C=CO.[KH]. The molecule has 0 aliphatic heterocycles. The van der Waals surface area contributed by atoms with Crippen LogP contribution in [-0.4, -0.2) is 62.3 Å². The van der Waals surface area contributed by atoms with Crippen LogP contribution >= 0.6 is 0 Å². The van der Waals surface area contributed by atoms with E-state index in [0.717, 1.165) is 12.3 Å². The van der Waals surface area contributed by atoms with Crippen LogP contribution in [0, 0.1) is 5.92 Å². The van der Waals surface area contributed by atoms with Crippen molar-refractivity contribution in [3.05, 3.63) is 12.3 Å². The van der Waals surface area contributed by atoms with Crippen molar-refractivity contribution < 1.29 is 9.90 Å². The number of carbonyl (C=O) groups is 1. The molecule has 0 amide bonds. The Morgan fingerprint density at radius 1 is 1.56 bits per heavy atom. The minimum absolute atomic E-state index is 0. The number of hydrogen-bond acceptors (Lipinski definition) is 2. The Kier molecular flexibility index (Phi) is 9.68. The van der Waals surface area contributed by atoms with Crippen LogP contribution in [0.15, 0.2) is 12.3 Å². The molecule has 0 aliphatic rings. The summed E-state index contributed by atoms with van der Waals surface area (Å²) in [7, 11) is 0. The Labute approximate surface area is 97.8 Å². The summed E-state index contributed by atoms with van der Waals surface area (Å²) in [6.07, 6.45) is 1.92. The Balaban J connectivity index is 0. The first-order valence-corrected chi connectivity index (χ1v) is 2.53. The molecule has 0 fully saturated rings. The number of allylic oxidation sites excluding steroid dienone is 1. The third kappa shape index (κ3) is 6.74. The molecule has 2 nitrogen and oxygen atoms in total. The van der Waals surface area contributed by atoms with Crippen LogP contribution in [0.5, 0.6) is 0 Å². The average Bonchev–Trinajstić information content (AvgIpc) is 1.67. The van der Waals surface area contributed by atoms with Crippen molar-refractivity contribution in [2.45, 2.75) is 13.8 Å². The zero-order chi connectivity index (χ0) is 6.57. The Morgan fingerprint density at radius 3 is 2.11 bits per heavy atom. The number of ketones is 1. The normalized spacial score (nSPS) is 9.67. The first-order chi connectivity index (χ1) is 3.68. The molecule has 3 heteroatoms. The summed E-state index contributed by atoms with van der Waals surface area (Å²) in [4.78, 5) is 10.5. The van der Waals surface area contributed by atoms with Crippen molar-refractivity contribution in [3.8, 4) is 0 Å². The molecule has 0 spiro atoms. The fourth-order valence-electron chi connectivity index (χ4n) is 0.266. The van der Waals surface area contributed by atoms with Gasteiger partial charge in [0, 0.05) is 12.0 Å². The summed E-state index contributed by atoms with van der Waals surface area (Å²) >= 11 is 0. The van der Waals surface area contributed by atoms with E-state index in [4.69, 9.17) is 5.11 Å². The van der Waals surface area contributed by atoms with Crippen molar-refractivity contribution in [2.24, 2.45) is 5.92 Å².